The molecule has 1 heterocycles. The van der Waals surface area contributed by atoms with E-state index in [0.29, 0.717) is 10.0 Å². The molecule has 102 valence electrons. The summed E-state index contributed by atoms with van der Waals surface area (Å²) in [7, 11) is 0. The van der Waals surface area contributed by atoms with Crippen molar-refractivity contribution < 1.29 is 0 Å². The second kappa shape index (κ2) is 6.42. The molecule has 0 atom stereocenters. The van der Waals surface area contributed by atoms with Crippen LogP contribution in [0.15, 0.2) is 24.4 Å². The van der Waals surface area contributed by atoms with E-state index < -0.39 is 0 Å². The van der Waals surface area contributed by atoms with Crippen molar-refractivity contribution >= 4 is 23.2 Å². The third-order valence-electron chi connectivity index (χ3n) is 3.00. The Hall–Kier alpha value is -1.03. The zero-order chi connectivity index (χ0) is 13.8. The van der Waals surface area contributed by atoms with E-state index in [9.17, 15) is 0 Å². The van der Waals surface area contributed by atoms with Crippen molar-refractivity contribution in [1.29, 1.82) is 0 Å². The number of benzene rings is 1. The van der Waals surface area contributed by atoms with Crippen molar-refractivity contribution in [2.75, 3.05) is 6.54 Å². The van der Waals surface area contributed by atoms with Gasteiger partial charge in [-0.15, -0.1) is 0 Å². The van der Waals surface area contributed by atoms with Gasteiger partial charge < -0.3 is 5.32 Å². The summed E-state index contributed by atoms with van der Waals surface area (Å²) in [5.41, 5.74) is 3.23. The fourth-order valence-corrected chi connectivity index (χ4v) is 2.19. The highest BCUT2D eigenvalue weighted by atomic mass is 35.5. The Balaban J connectivity index is 2.23. The first-order valence-corrected chi connectivity index (χ1v) is 7.08. The molecule has 0 aliphatic carbocycles. The normalized spacial score (nSPS) is 10.9. The fourth-order valence-electron chi connectivity index (χ4n) is 1.89. The van der Waals surface area contributed by atoms with Gasteiger partial charge in [0.1, 0.15) is 0 Å². The highest BCUT2D eigenvalue weighted by Gasteiger charge is 2.09. The first-order valence-electron chi connectivity index (χ1n) is 6.33. The Morgan fingerprint density at radius 2 is 2.05 bits per heavy atom. The van der Waals surface area contributed by atoms with Crippen LogP contribution >= 0.6 is 23.2 Å². The molecule has 0 aliphatic heterocycles. The van der Waals surface area contributed by atoms with Crippen LogP contribution in [-0.2, 0) is 6.54 Å². The minimum Gasteiger partial charge on any atom is -0.313 e. The van der Waals surface area contributed by atoms with Gasteiger partial charge in [-0.25, -0.2) is 4.68 Å². The highest BCUT2D eigenvalue weighted by molar-refractivity contribution is 6.42. The van der Waals surface area contributed by atoms with Crippen molar-refractivity contribution in [1.82, 2.24) is 15.1 Å². The number of halogens is 2. The molecule has 1 aromatic heterocycles. The molecule has 0 aliphatic rings. The summed E-state index contributed by atoms with van der Waals surface area (Å²) in [6, 6.07) is 5.53. The number of hydrogen-bond donors (Lipinski definition) is 1. The molecule has 0 saturated heterocycles. The second-order valence-electron chi connectivity index (χ2n) is 4.44. The van der Waals surface area contributed by atoms with Crippen LogP contribution in [0.3, 0.4) is 0 Å². The standard InChI is InChI=1S/C14H17Cl2N3/c1-3-6-17-8-11-9-18-19(10(11)2)12-4-5-13(15)14(16)7-12/h4-5,7,9,17H,3,6,8H2,1-2H3. The van der Waals surface area contributed by atoms with Gasteiger partial charge in [-0.1, -0.05) is 30.1 Å². The molecule has 2 rings (SSSR count). The van der Waals surface area contributed by atoms with E-state index in [1.807, 2.05) is 23.0 Å². The van der Waals surface area contributed by atoms with Crippen LogP contribution in [0, 0.1) is 6.92 Å². The summed E-state index contributed by atoms with van der Waals surface area (Å²) >= 11 is 12.0. The molecule has 0 saturated carbocycles. The lowest BCUT2D eigenvalue weighted by molar-refractivity contribution is 0.672. The van der Waals surface area contributed by atoms with Crippen molar-refractivity contribution in [2.24, 2.45) is 0 Å². The number of hydrogen-bond acceptors (Lipinski definition) is 2. The molecule has 3 nitrogen and oxygen atoms in total. The lowest BCUT2D eigenvalue weighted by Crippen LogP contribution is -2.14. The highest BCUT2D eigenvalue weighted by Crippen LogP contribution is 2.25. The first kappa shape index (κ1) is 14.4. The first-order chi connectivity index (χ1) is 9.13. The third-order valence-corrected chi connectivity index (χ3v) is 3.74. The van der Waals surface area contributed by atoms with Crippen LogP contribution in [0.4, 0.5) is 0 Å². The molecule has 5 heteroatoms. The summed E-state index contributed by atoms with van der Waals surface area (Å²) in [5, 5.41) is 8.88. The molecule has 0 amide bonds. The van der Waals surface area contributed by atoms with Gasteiger partial charge >= 0.3 is 0 Å². The van der Waals surface area contributed by atoms with Crippen LogP contribution in [0.5, 0.6) is 0 Å². The second-order valence-corrected chi connectivity index (χ2v) is 5.26. The molecular formula is C14H17Cl2N3. The van der Waals surface area contributed by atoms with E-state index >= 15 is 0 Å². The zero-order valence-corrected chi connectivity index (χ0v) is 12.6. The third kappa shape index (κ3) is 3.30. The van der Waals surface area contributed by atoms with E-state index in [0.717, 1.165) is 30.9 Å². The van der Waals surface area contributed by atoms with Crippen LogP contribution in [-0.4, -0.2) is 16.3 Å². The molecule has 0 radical (unpaired) electrons. The van der Waals surface area contributed by atoms with Gasteiger partial charge in [0, 0.05) is 17.8 Å². The molecular weight excluding hydrogens is 281 g/mol. The molecule has 2 aromatic rings. The summed E-state index contributed by atoms with van der Waals surface area (Å²) in [6.45, 7) is 6.05. The Labute approximate surface area is 123 Å². The van der Waals surface area contributed by atoms with Gasteiger partial charge in [0.2, 0.25) is 0 Å². The Morgan fingerprint density at radius 1 is 1.26 bits per heavy atom. The van der Waals surface area contributed by atoms with Crippen molar-refractivity contribution in [3.8, 4) is 5.69 Å². The molecule has 0 spiro atoms. The van der Waals surface area contributed by atoms with Gasteiger partial charge in [-0.3, -0.25) is 0 Å². The maximum atomic E-state index is 6.04. The SMILES string of the molecule is CCCNCc1cnn(-c2ccc(Cl)c(Cl)c2)c1C. The smallest absolute Gasteiger partial charge is 0.0664 e. The molecule has 0 bridgehead atoms. The Bertz CT molecular complexity index is 564. The largest absolute Gasteiger partial charge is 0.313 e. The molecule has 19 heavy (non-hydrogen) atoms. The lowest BCUT2D eigenvalue weighted by Gasteiger charge is -2.07. The summed E-state index contributed by atoms with van der Waals surface area (Å²) in [5.74, 6) is 0. The van der Waals surface area contributed by atoms with E-state index in [-0.39, 0.29) is 0 Å². The predicted molar refractivity (Wildman–Crippen MR) is 80.3 cm³/mol. The number of aromatic nitrogens is 2. The topological polar surface area (TPSA) is 29.9 Å². The van der Waals surface area contributed by atoms with Gasteiger partial charge in [0.15, 0.2) is 0 Å². The van der Waals surface area contributed by atoms with Gasteiger partial charge in [-0.05, 0) is 38.1 Å². The maximum absolute atomic E-state index is 6.04. The Kier molecular flexibility index (Phi) is 4.86. The minimum atomic E-state index is 0.541. The zero-order valence-electron chi connectivity index (χ0n) is 11.1. The average molecular weight is 298 g/mol. The van der Waals surface area contributed by atoms with Crippen LogP contribution < -0.4 is 5.32 Å². The van der Waals surface area contributed by atoms with Crippen LogP contribution in [0.1, 0.15) is 24.6 Å². The Morgan fingerprint density at radius 3 is 2.74 bits per heavy atom. The number of nitrogens with zero attached hydrogens (tertiary/aromatic N) is 2. The van der Waals surface area contributed by atoms with E-state index in [1.54, 1.807) is 6.07 Å². The molecule has 0 fully saturated rings. The van der Waals surface area contributed by atoms with E-state index in [4.69, 9.17) is 23.2 Å². The molecule has 0 unspecified atom stereocenters. The van der Waals surface area contributed by atoms with Crippen LogP contribution in [0.2, 0.25) is 10.0 Å². The minimum absolute atomic E-state index is 0.541. The van der Waals surface area contributed by atoms with E-state index in [2.05, 4.69) is 24.3 Å². The monoisotopic (exact) mass is 297 g/mol. The quantitative estimate of drug-likeness (QED) is 0.846. The maximum Gasteiger partial charge on any atom is 0.0664 e. The predicted octanol–water partition coefficient (Wildman–Crippen LogP) is 3.99. The summed E-state index contributed by atoms with van der Waals surface area (Å²) < 4.78 is 1.88. The number of rotatable bonds is 5. The van der Waals surface area contributed by atoms with Gasteiger partial charge in [-0.2, -0.15) is 5.10 Å². The molecule has 1 aromatic carbocycles. The van der Waals surface area contributed by atoms with Crippen molar-refractivity contribution in [3.63, 3.8) is 0 Å². The van der Waals surface area contributed by atoms with Crippen molar-refractivity contribution in [3.05, 3.63) is 45.7 Å². The van der Waals surface area contributed by atoms with Crippen LogP contribution in [0.25, 0.3) is 5.69 Å². The summed E-state index contributed by atoms with van der Waals surface area (Å²) in [6.07, 6.45) is 3.01. The van der Waals surface area contributed by atoms with Gasteiger partial charge in [0.05, 0.1) is 21.9 Å². The fraction of sp³-hybridized carbons (Fsp3) is 0.357. The lowest BCUT2D eigenvalue weighted by atomic mass is 10.2. The van der Waals surface area contributed by atoms with Gasteiger partial charge in [0.25, 0.3) is 0 Å². The van der Waals surface area contributed by atoms with E-state index in [1.165, 1.54) is 5.56 Å². The summed E-state index contributed by atoms with van der Waals surface area (Å²) in [4.78, 5) is 0. The molecule has 1 N–H and O–H groups in total. The number of nitrogens with one attached hydrogen (secondary N) is 1. The average Bonchev–Trinajstić information content (AvgIpc) is 2.75. The van der Waals surface area contributed by atoms with Crippen molar-refractivity contribution in [2.45, 2.75) is 26.8 Å².